The maximum absolute atomic E-state index is 12.5. The predicted octanol–water partition coefficient (Wildman–Crippen LogP) is 4.01. The van der Waals surface area contributed by atoms with Crippen molar-refractivity contribution in [2.75, 3.05) is 13.1 Å². The van der Waals surface area contributed by atoms with Crippen molar-refractivity contribution in [3.8, 4) is 5.75 Å². The van der Waals surface area contributed by atoms with Gasteiger partial charge in [-0.05, 0) is 48.8 Å². The quantitative estimate of drug-likeness (QED) is 0.844. The van der Waals surface area contributed by atoms with Crippen LogP contribution in [0.15, 0.2) is 24.3 Å². The molecule has 0 spiro atoms. The topological polar surface area (TPSA) is 29.5 Å². The largest absolute Gasteiger partial charge is 0.481 e. The molecule has 3 heteroatoms. The summed E-state index contributed by atoms with van der Waals surface area (Å²) in [5.41, 5.74) is 1.40. The Bertz CT molecular complexity index is 501. The third-order valence-electron chi connectivity index (χ3n) is 4.35. The first-order valence-electron chi connectivity index (χ1n) is 8.33. The summed E-state index contributed by atoms with van der Waals surface area (Å²) in [6.45, 7) is 12.3. The van der Waals surface area contributed by atoms with Gasteiger partial charge in [0, 0.05) is 13.1 Å². The second kappa shape index (κ2) is 6.72. The highest BCUT2D eigenvalue weighted by molar-refractivity contribution is 5.81. The second-order valence-corrected chi connectivity index (χ2v) is 7.57. The van der Waals surface area contributed by atoms with E-state index in [0.717, 1.165) is 25.3 Å². The van der Waals surface area contributed by atoms with Gasteiger partial charge in [-0.3, -0.25) is 4.79 Å². The first kappa shape index (κ1) is 16.9. The number of rotatable bonds is 3. The second-order valence-electron chi connectivity index (χ2n) is 7.57. The van der Waals surface area contributed by atoms with Crippen molar-refractivity contribution < 1.29 is 9.53 Å². The molecule has 0 N–H and O–H groups in total. The van der Waals surface area contributed by atoms with E-state index in [2.05, 4.69) is 39.8 Å². The van der Waals surface area contributed by atoms with Gasteiger partial charge >= 0.3 is 0 Å². The van der Waals surface area contributed by atoms with E-state index in [4.69, 9.17) is 4.74 Å². The van der Waals surface area contributed by atoms with E-state index >= 15 is 0 Å². The zero-order valence-corrected chi connectivity index (χ0v) is 14.6. The number of carbonyl (C=O) groups is 1. The highest BCUT2D eigenvalue weighted by Crippen LogP contribution is 2.25. The maximum atomic E-state index is 12.5. The number of piperidine rings is 1. The van der Waals surface area contributed by atoms with Crippen LogP contribution in [-0.4, -0.2) is 30.0 Å². The zero-order valence-electron chi connectivity index (χ0n) is 14.6. The highest BCUT2D eigenvalue weighted by atomic mass is 16.5. The van der Waals surface area contributed by atoms with Crippen molar-refractivity contribution in [1.82, 2.24) is 4.90 Å². The fourth-order valence-electron chi connectivity index (χ4n) is 2.93. The number of hydrogen-bond donors (Lipinski definition) is 0. The molecule has 122 valence electrons. The van der Waals surface area contributed by atoms with Crippen molar-refractivity contribution >= 4 is 5.91 Å². The van der Waals surface area contributed by atoms with E-state index in [1.54, 1.807) is 0 Å². The Labute approximate surface area is 134 Å². The van der Waals surface area contributed by atoms with Crippen molar-refractivity contribution in [1.29, 1.82) is 0 Å². The molecule has 1 aromatic carbocycles. The first-order chi connectivity index (χ1) is 10.3. The predicted molar refractivity (Wildman–Crippen MR) is 90.2 cm³/mol. The van der Waals surface area contributed by atoms with Crippen molar-refractivity contribution in [2.24, 2.45) is 5.92 Å². The molecule has 1 aliphatic rings. The van der Waals surface area contributed by atoms with Crippen molar-refractivity contribution in [2.45, 2.75) is 59.0 Å². The highest BCUT2D eigenvalue weighted by Gasteiger charge is 2.26. The summed E-state index contributed by atoms with van der Waals surface area (Å²) in [5.74, 6) is 1.46. The van der Waals surface area contributed by atoms with Gasteiger partial charge in [-0.15, -0.1) is 0 Å². The number of carbonyl (C=O) groups excluding carboxylic acids is 1. The monoisotopic (exact) mass is 303 g/mol. The Morgan fingerprint density at radius 1 is 1.27 bits per heavy atom. The van der Waals surface area contributed by atoms with Crippen LogP contribution in [-0.2, 0) is 10.2 Å². The average Bonchev–Trinajstić information content (AvgIpc) is 2.46. The van der Waals surface area contributed by atoms with Crippen molar-refractivity contribution in [3.05, 3.63) is 29.8 Å². The summed E-state index contributed by atoms with van der Waals surface area (Å²) in [5, 5.41) is 0. The lowest BCUT2D eigenvalue weighted by atomic mass is 9.87. The molecule has 0 radical (unpaired) electrons. The lowest BCUT2D eigenvalue weighted by Gasteiger charge is -2.32. The number of nitrogens with zero attached hydrogens (tertiary/aromatic N) is 1. The molecule has 0 unspecified atom stereocenters. The standard InChI is InChI=1S/C19H29NO2/c1-14-7-6-12-20(13-14)18(21)15(2)22-17-10-8-16(9-11-17)19(3,4)5/h8-11,14-15H,6-7,12-13H2,1-5H3/t14-,15+/m0/s1. The van der Waals surface area contributed by atoms with Crippen LogP contribution in [0.3, 0.4) is 0 Å². The fraction of sp³-hybridized carbons (Fsp3) is 0.632. The molecule has 2 atom stereocenters. The van der Waals surface area contributed by atoms with Gasteiger partial charge in [-0.2, -0.15) is 0 Å². The van der Waals surface area contributed by atoms with Gasteiger partial charge in [-0.25, -0.2) is 0 Å². The van der Waals surface area contributed by atoms with Crippen LogP contribution in [0.5, 0.6) is 5.75 Å². The minimum atomic E-state index is -0.425. The van der Waals surface area contributed by atoms with Gasteiger partial charge in [0.2, 0.25) is 0 Å². The van der Waals surface area contributed by atoms with E-state index in [1.807, 2.05) is 24.0 Å². The Kier molecular flexibility index (Phi) is 5.15. The molecule has 1 saturated heterocycles. The smallest absolute Gasteiger partial charge is 0.263 e. The summed E-state index contributed by atoms with van der Waals surface area (Å²) in [7, 11) is 0. The first-order valence-corrected chi connectivity index (χ1v) is 8.33. The third kappa shape index (κ3) is 4.25. The summed E-state index contributed by atoms with van der Waals surface area (Å²) >= 11 is 0. The normalized spacial score (nSPS) is 20.6. The van der Waals surface area contributed by atoms with Crippen LogP contribution in [0, 0.1) is 5.92 Å². The number of hydrogen-bond acceptors (Lipinski definition) is 2. The lowest BCUT2D eigenvalue weighted by Crippen LogP contribution is -2.45. The van der Waals surface area contributed by atoms with E-state index in [9.17, 15) is 4.79 Å². The van der Waals surface area contributed by atoms with Gasteiger partial charge in [0.1, 0.15) is 5.75 Å². The molecule has 3 nitrogen and oxygen atoms in total. The van der Waals surface area contributed by atoms with E-state index < -0.39 is 6.10 Å². The molecular formula is C19H29NO2. The van der Waals surface area contributed by atoms with Gasteiger partial charge in [-0.1, -0.05) is 39.8 Å². The maximum Gasteiger partial charge on any atom is 0.263 e. The van der Waals surface area contributed by atoms with Crippen LogP contribution >= 0.6 is 0 Å². The lowest BCUT2D eigenvalue weighted by molar-refractivity contribution is -0.139. The van der Waals surface area contributed by atoms with E-state index in [1.165, 1.54) is 12.0 Å². The zero-order chi connectivity index (χ0) is 16.3. The van der Waals surface area contributed by atoms with Gasteiger partial charge < -0.3 is 9.64 Å². The van der Waals surface area contributed by atoms with Gasteiger partial charge in [0.05, 0.1) is 0 Å². The Balaban J connectivity index is 1.96. The van der Waals surface area contributed by atoms with E-state index in [0.29, 0.717) is 5.92 Å². The van der Waals surface area contributed by atoms with Gasteiger partial charge in [0.15, 0.2) is 6.10 Å². The summed E-state index contributed by atoms with van der Waals surface area (Å²) in [6.07, 6.45) is 1.89. The molecule has 1 aromatic rings. The summed E-state index contributed by atoms with van der Waals surface area (Å²) in [4.78, 5) is 14.4. The number of ether oxygens (including phenoxy) is 1. The molecular weight excluding hydrogens is 274 g/mol. The molecule has 22 heavy (non-hydrogen) atoms. The SMILES string of the molecule is C[C@H]1CCCN(C(=O)[C@@H](C)Oc2ccc(C(C)(C)C)cc2)C1. The number of benzene rings is 1. The fourth-order valence-corrected chi connectivity index (χ4v) is 2.93. The Morgan fingerprint density at radius 2 is 1.91 bits per heavy atom. The Morgan fingerprint density at radius 3 is 2.45 bits per heavy atom. The summed E-state index contributed by atoms with van der Waals surface area (Å²) in [6, 6.07) is 8.08. The molecule has 0 bridgehead atoms. The average molecular weight is 303 g/mol. The molecule has 0 aromatic heterocycles. The van der Waals surface area contributed by atoms with Crippen LogP contribution in [0.25, 0.3) is 0 Å². The molecule has 1 fully saturated rings. The minimum Gasteiger partial charge on any atom is -0.481 e. The molecule has 2 rings (SSSR count). The van der Waals surface area contributed by atoms with Crippen LogP contribution in [0.2, 0.25) is 0 Å². The van der Waals surface area contributed by atoms with Gasteiger partial charge in [0.25, 0.3) is 5.91 Å². The summed E-state index contributed by atoms with van der Waals surface area (Å²) < 4.78 is 5.84. The third-order valence-corrected chi connectivity index (χ3v) is 4.35. The van der Waals surface area contributed by atoms with Crippen LogP contribution in [0.1, 0.15) is 53.0 Å². The molecule has 1 amide bonds. The van der Waals surface area contributed by atoms with E-state index in [-0.39, 0.29) is 11.3 Å². The van der Waals surface area contributed by atoms with Crippen molar-refractivity contribution in [3.63, 3.8) is 0 Å². The number of likely N-dealkylation sites (tertiary alicyclic amines) is 1. The molecule has 0 saturated carbocycles. The van der Waals surface area contributed by atoms with Crippen LogP contribution in [0.4, 0.5) is 0 Å². The Hall–Kier alpha value is -1.51. The minimum absolute atomic E-state index is 0.103. The van der Waals surface area contributed by atoms with Crippen LogP contribution < -0.4 is 4.74 Å². The molecule has 1 aliphatic heterocycles. The molecule has 0 aliphatic carbocycles. The number of amides is 1. The molecule has 1 heterocycles.